The number of carboxylic acids is 1. The molecule has 1 aromatic heterocycles. The number of carbonyl (C=O) groups is 1. The molecule has 1 aromatic rings. The predicted octanol–water partition coefficient (Wildman–Crippen LogP) is 3.42. The van der Waals surface area contributed by atoms with Gasteiger partial charge in [0.2, 0.25) is 0 Å². The van der Waals surface area contributed by atoms with E-state index in [0.29, 0.717) is 5.82 Å². The molecule has 94 valence electrons. The van der Waals surface area contributed by atoms with Gasteiger partial charge in [-0.25, -0.2) is 9.78 Å². The number of anilines is 1. The Morgan fingerprint density at radius 1 is 1.47 bits per heavy atom. The minimum Gasteiger partial charge on any atom is -0.478 e. The molecule has 0 saturated carbocycles. The van der Waals surface area contributed by atoms with E-state index >= 15 is 0 Å². The molecule has 17 heavy (non-hydrogen) atoms. The molecule has 0 aliphatic carbocycles. The summed E-state index contributed by atoms with van der Waals surface area (Å²) >= 11 is 5.79. The van der Waals surface area contributed by atoms with Crippen molar-refractivity contribution in [2.24, 2.45) is 0 Å². The van der Waals surface area contributed by atoms with Gasteiger partial charge in [0.25, 0.3) is 0 Å². The summed E-state index contributed by atoms with van der Waals surface area (Å²) in [5.74, 6) is -0.678. The first-order chi connectivity index (χ1) is 7.91. The number of carboxylic acid groups (broad SMARTS) is 1. The Bertz CT molecular complexity index is 417. The maximum absolute atomic E-state index is 11.1. The van der Waals surface area contributed by atoms with E-state index < -0.39 is 5.97 Å². The Morgan fingerprint density at radius 2 is 2.06 bits per heavy atom. The third-order valence-electron chi connectivity index (χ3n) is 3.07. The molecule has 1 heterocycles. The van der Waals surface area contributed by atoms with E-state index in [9.17, 15) is 4.79 Å². The molecule has 0 bridgehead atoms. The summed E-state index contributed by atoms with van der Waals surface area (Å²) < 4.78 is 0. The number of halogens is 1. The number of aromatic carboxylic acids is 1. The number of hydrogen-bond donors (Lipinski definition) is 2. The van der Waals surface area contributed by atoms with Crippen molar-refractivity contribution in [3.63, 3.8) is 0 Å². The van der Waals surface area contributed by atoms with Crippen molar-refractivity contribution in [3.8, 4) is 0 Å². The third-order valence-corrected chi connectivity index (χ3v) is 3.28. The lowest BCUT2D eigenvalue weighted by atomic mass is 9.95. The van der Waals surface area contributed by atoms with E-state index in [2.05, 4.69) is 10.3 Å². The van der Waals surface area contributed by atoms with Crippen LogP contribution in [0.3, 0.4) is 0 Å². The quantitative estimate of drug-likeness (QED) is 0.793. The molecule has 0 unspecified atom stereocenters. The highest BCUT2D eigenvalue weighted by Gasteiger charge is 2.23. The van der Waals surface area contributed by atoms with Crippen molar-refractivity contribution in [1.82, 2.24) is 4.98 Å². The molecule has 0 aliphatic rings. The number of hydrogen-bond acceptors (Lipinski definition) is 3. The molecule has 2 N–H and O–H groups in total. The van der Waals surface area contributed by atoms with E-state index in [0.717, 1.165) is 12.8 Å². The van der Waals surface area contributed by atoms with E-state index in [1.165, 1.54) is 12.1 Å². The van der Waals surface area contributed by atoms with Crippen molar-refractivity contribution in [2.75, 3.05) is 5.32 Å². The van der Waals surface area contributed by atoms with Crippen molar-refractivity contribution in [1.29, 1.82) is 0 Å². The monoisotopic (exact) mass is 256 g/mol. The van der Waals surface area contributed by atoms with Crippen LogP contribution in [-0.2, 0) is 0 Å². The highest BCUT2D eigenvalue weighted by molar-refractivity contribution is 6.29. The molecular weight excluding hydrogens is 240 g/mol. The van der Waals surface area contributed by atoms with Crippen LogP contribution >= 0.6 is 11.6 Å². The summed E-state index contributed by atoms with van der Waals surface area (Å²) in [5.41, 5.74) is -0.0375. The summed E-state index contributed by atoms with van der Waals surface area (Å²) in [6.45, 7) is 6.12. The zero-order chi connectivity index (χ0) is 13.1. The molecule has 0 aromatic carbocycles. The van der Waals surface area contributed by atoms with Crippen molar-refractivity contribution >= 4 is 23.4 Å². The van der Waals surface area contributed by atoms with Crippen LogP contribution in [0.1, 0.15) is 44.0 Å². The van der Waals surface area contributed by atoms with E-state index in [4.69, 9.17) is 16.7 Å². The van der Waals surface area contributed by atoms with Crippen LogP contribution in [-0.4, -0.2) is 21.6 Å². The lowest BCUT2D eigenvalue weighted by Gasteiger charge is -2.29. The van der Waals surface area contributed by atoms with Gasteiger partial charge in [0.15, 0.2) is 0 Å². The molecule has 0 radical (unpaired) electrons. The third kappa shape index (κ3) is 3.33. The molecule has 1 rings (SSSR count). The smallest absolute Gasteiger partial charge is 0.339 e. The maximum atomic E-state index is 11.1. The molecule has 0 spiro atoms. The molecule has 0 amide bonds. The first-order valence-corrected chi connectivity index (χ1v) is 5.97. The summed E-state index contributed by atoms with van der Waals surface area (Å²) in [4.78, 5) is 15.1. The Morgan fingerprint density at radius 3 is 2.53 bits per heavy atom. The molecule has 5 heteroatoms. The highest BCUT2D eigenvalue weighted by Crippen LogP contribution is 2.24. The average Bonchev–Trinajstić information content (AvgIpc) is 2.28. The fraction of sp³-hybridized carbons (Fsp3) is 0.500. The molecule has 0 aliphatic heterocycles. The molecule has 4 nitrogen and oxygen atoms in total. The maximum Gasteiger partial charge on any atom is 0.339 e. The first kappa shape index (κ1) is 13.8. The average molecular weight is 257 g/mol. The standard InChI is InChI=1S/C12H17ClN2O2/c1-4-12(3,5-2)15-10-8(11(16)17)6-7-9(13)14-10/h6-7H,4-5H2,1-3H3,(H,14,15)(H,16,17). The zero-order valence-corrected chi connectivity index (χ0v) is 11.0. The minimum atomic E-state index is -1.01. The van der Waals surface area contributed by atoms with Crippen LogP contribution in [0.15, 0.2) is 12.1 Å². The highest BCUT2D eigenvalue weighted by atomic mass is 35.5. The van der Waals surface area contributed by atoms with E-state index in [1.54, 1.807) is 0 Å². The molecule has 0 atom stereocenters. The Labute approximate surface area is 106 Å². The fourth-order valence-corrected chi connectivity index (χ4v) is 1.56. The zero-order valence-electron chi connectivity index (χ0n) is 10.2. The number of pyridine rings is 1. The van der Waals surface area contributed by atoms with Gasteiger partial charge >= 0.3 is 5.97 Å². The van der Waals surface area contributed by atoms with Crippen LogP contribution in [0, 0.1) is 0 Å². The predicted molar refractivity (Wildman–Crippen MR) is 68.8 cm³/mol. The van der Waals surface area contributed by atoms with Crippen LogP contribution in [0.4, 0.5) is 5.82 Å². The van der Waals surface area contributed by atoms with Crippen molar-refractivity contribution < 1.29 is 9.90 Å². The molecular formula is C12H17ClN2O2. The second-order valence-corrected chi connectivity index (χ2v) is 4.62. The van der Waals surface area contributed by atoms with Crippen LogP contribution in [0.5, 0.6) is 0 Å². The lowest BCUT2D eigenvalue weighted by molar-refractivity contribution is 0.0697. The summed E-state index contributed by atoms with van der Waals surface area (Å²) in [6, 6.07) is 2.94. The van der Waals surface area contributed by atoms with Gasteiger partial charge < -0.3 is 10.4 Å². The Balaban J connectivity index is 3.12. The van der Waals surface area contributed by atoms with Crippen LogP contribution in [0.25, 0.3) is 0 Å². The fourth-order valence-electron chi connectivity index (χ4n) is 1.42. The lowest BCUT2D eigenvalue weighted by Crippen LogP contribution is -2.34. The van der Waals surface area contributed by atoms with E-state index in [-0.39, 0.29) is 16.3 Å². The second kappa shape index (κ2) is 5.36. The number of nitrogens with zero attached hydrogens (tertiary/aromatic N) is 1. The van der Waals surface area contributed by atoms with Gasteiger partial charge in [-0.3, -0.25) is 0 Å². The Kier molecular flexibility index (Phi) is 4.34. The van der Waals surface area contributed by atoms with Gasteiger partial charge in [0.05, 0.1) is 0 Å². The largest absolute Gasteiger partial charge is 0.478 e. The van der Waals surface area contributed by atoms with Gasteiger partial charge in [-0.15, -0.1) is 0 Å². The summed E-state index contributed by atoms with van der Waals surface area (Å²) in [6.07, 6.45) is 1.74. The second-order valence-electron chi connectivity index (χ2n) is 4.23. The van der Waals surface area contributed by atoms with Gasteiger partial charge in [-0.1, -0.05) is 25.4 Å². The normalized spacial score (nSPS) is 11.3. The van der Waals surface area contributed by atoms with Crippen molar-refractivity contribution in [2.45, 2.75) is 39.2 Å². The summed E-state index contributed by atoms with van der Waals surface area (Å²) in [7, 11) is 0. The van der Waals surface area contributed by atoms with Gasteiger partial charge in [-0.05, 0) is 31.9 Å². The Hall–Kier alpha value is -1.29. The first-order valence-electron chi connectivity index (χ1n) is 5.60. The van der Waals surface area contributed by atoms with Gasteiger partial charge in [0.1, 0.15) is 16.5 Å². The number of nitrogens with one attached hydrogen (secondary N) is 1. The number of rotatable bonds is 5. The molecule has 0 saturated heterocycles. The molecule has 0 fully saturated rings. The van der Waals surface area contributed by atoms with Gasteiger partial charge in [-0.2, -0.15) is 0 Å². The van der Waals surface area contributed by atoms with Crippen LogP contribution in [0.2, 0.25) is 5.15 Å². The van der Waals surface area contributed by atoms with Crippen molar-refractivity contribution in [3.05, 3.63) is 22.8 Å². The number of aromatic nitrogens is 1. The van der Waals surface area contributed by atoms with E-state index in [1.807, 2.05) is 20.8 Å². The minimum absolute atomic E-state index is 0.141. The van der Waals surface area contributed by atoms with Crippen LogP contribution < -0.4 is 5.32 Å². The topological polar surface area (TPSA) is 62.2 Å². The SMILES string of the molecule is CCC(C)(CC)Nc1nc(Cl)ccc1C(=O)O. The summed E-state index contributed by atoms with van der Waals surface area (Å²) in [5, 5.41) is 12.5. The van der Waals surface area contributed by atoms with Gasteiger partial charge in [0, 0.05) is 5.54 Å².